The molecular weight excluding hydrogens is 222 g/mol. The molecule has 2 aliphatic rings. The van der Waals surface area contributed by atoms with Gasteiger partial charge in [0, 0.05) is 31.7 Å². The third-order valence-electron chi connectivity index (χ3n) is 5.25. The topological polar surface area (TPSA) is 32.5 Å². The standard InChI is InChI=1S/C15H31N3/c1-12-9-18(10-13(2)17(12)3)11-15-6-4-14(8-16)5-7-15/h12-15H,4-11,16H2,1-3H3. The normalized spacial score (nSPS) is 40.0. The minimum Gasteiger partial charge on any atom is -0.330 e. The van der Waals surface area contributed by atoms with Crippen molar-refractivity contribution in [2.45, 2.75) is 51.6 Å². The summed E-state index contributed by atoms with van der Waals surface area (Å²) in [5, 5.41) is 0. The molecule has 0 aromatic heterocycles. The quantitative estimate of drug-likeness (QED) is 0.832. The van der Waals surface area contributed by atoms with Crippen molar-refractivity contribution in [1.82, 2.24) is 9.80 Å². The highest BCUT2D eigenvalue weighted by Gasteiger charge is 2.29. The molecule has 1 saturated heterocycles. The summed E-state index contributed by atoms with van der Waals surface area (Å²) in [7, 11) is 2.26. The zero-order valence-corrected chi connectivity index (χ0v) is 12.4. The molecule has 2 unspecified atom stereocenters. The Morgan fingerprint density at radius 2 is 1.44 bits per heavy atom. The highest BCUT2D eigenvalue weighted by atomic mass is 15.3. The van der Waals surface area contributed by atoms with Gasteiger partial charge in [-0.2, -0.15) is 0 Å². The number of hydrogen-bond donors (Lipinski definition) is 1. The van der Waals surface area contributed by atoms with E-state index in [1.165, 1.54) is 45.3 Å². The summed E-state index contributed by atoms with van der Waals surface area (Å²) in [6, 6.07) is 1.41. The van der Waals surface area contributed by atoms with Crippen molar-refractivity contribution < 1.29 is 0 Å². The van der Waals surface area contributed by atoms with Crippen molar-refractivity contribution in [2.24, 2.45) is 17.6 Å². The average molecular weight is 253 g/mol. The number of rotatable bonds is 3. The Morgan fingerprint density at radius 3 is 1.94 bits per heavy atom. The van der Waals surface area contributed by atoms with E-state index in [4.69, 9.17) is 5.73 Å². The second-order valence-electron chi connectivity index (χ2n) is 6.70. The fraction of sp³-hybridized carbons (Fsp3) is 1.00. The molecule has 0 bridgehead atoms. The zero-order valence-electron chi connectivity index (χ0n) is 12.4. The van der Waals surface area contributed by atoms with E-state index >= 15 is 0 Å². The molecule has 0 spiro atoms. The Hall–Kier alpha value is -0.120. The number of nitrogens with zero attached hydrogens (tertiary/aromatic N) is 2. The Labute approximate surface area is 113 Å². The highest BCUT2D eigenvalue weighted by molar-refractivity contribution is 4.84. The van der Waals surface area contributed by atoms with Gasteiger partial charge < -0.3 is 5.73 Å². The van der Waals surface area contributed by atoms with Crippen LogP contribution in [0, 0.1) is 11.8 Å². The van der Waals surface area contributed by atoms with Crippen LogP contribution in [0.1, 0.15) is 39.5 Å². The molecule has 1 heterocycles. The molecule has 0 aromatic rings. The van der Waals surface area contributed by atoms with Gasteiger partial charge in [0.1, 0.15) is 0 Å². The Morgan fingerprint density at radius 1 is 0.944 bits per heavy atom. The van der Waals surface area contributed by atoms with Crippen molar-refractivity contribution in [3.05, 3.63) is 0 Å². The van der Waals surface area contributed by atoms with Gasteiger partial charge in [0.05, 0.1) is 0 Å². The first-order valence-electron chi connectivity index (χ1n) is 7.74. The van der Waals surface area contributed by atoms with Crippen molar-refractivity contribution >= 4 is 0 Å². The van der Waals surface area contributed by atoms with Gasteiger partial charge in [-0.15, -0.1) is 0 Å². The molecule has 2 rings (SSSR count). The molecule has 1 aliphatic carbocycles. The lowest BCUT2D eigenvalue weighted by molar-refractivity contribution is 0.0448. The second-order valence-corrected chi connectivity index (χ2v) is 6.70. The molecule has 2 N–H and O–H groups in total. The van der Waals surface area contributed by atoms with Crippen LogP contribution in [0.25, 0.3) is 0 Å². The maximum Gasteiger partial charge on any atom is 0.0195 e. The van der Waals surface area contributed by atoms with Crippen LogP contribution >= 0.6 is 0 Å². The maximum atomic E-state index is 5.77. The van der Waals surface area contributed by atoms with Gasteiger partial charge in [0.2, 0.25) is 0 Å². The lowest BCUT2D eigenvalue weighted by Crippen LogP contribution is -2.55. The van der Waals surface area contributed by atoms with E-state index in [0.29, 0.717) is 12.1 Å². The van der Waals surface area contributed by atoms with Crippen molar-refractivity contribution in [1.29, 1.82) is 0 Å². The van der Waals surface area contributed by atoms with E-state index in [1.807, 2.05) is 0 Å². The Kier molecular flexibility index (Phi) is 5.05. The van der Waals surface area contributed by atoms with Gasteiger partial charge in [0.15, 0.2) is 0 Å². The Bertz CT molecular complexity index is 236. The monoisotopic (exact) mass is 253 g/mol. The van der Waals surface area contributed by atoms with Gasteiger partial charge in [-0.05, 0) is 65.0 Å². The summed E-state index contributed by atoms with van der Waals surface area (Å²) in [6.07, 6.45) is 5.52. The molecule has 1 aliphatic heterocycles. The van der Waals surface area contributed by atoms with Gasteiger partial charge in [-0.25, -0.2) is 0 Å². The molecule has 1 saturated carbocycles. The largest absolute Gasteiger partial charge is 0.330 e. The van der Waals surface area contributed by atoms with E-state index in [1.54, 1.807) is 0 Å². The fourth-order valence-corrected chi connectivity index (χ4v) is 3.68. The summed E-state index contributed by atoms with van der Waals surface area (Å²) < 4.78 is 0. The van der Waals surface area contributed by atoms with E-state index in [-0.39, 0.29) is 0 Å². The van der Waals surface area contributed by atoms with E-state index in [9.17, 15) is 0 Å². The van der Waals surface area contributed by atoms with Crippen molar-refractivity contribution in [2.75, 3.05) is 33.2 Å². The summed E-state index contributed by atoms with van der Waals surface area (Å²) in [5.41, 5.74) is 5.77. The number of piperazine rings is 1. The average Bonchev–Trinajstić information content (AvgIpc) is 2.37. The molecule has 3 heteroatoms. The minimum atomic E-state index is 0.703. The SMILES string of the molecule is CC1CN(CC2CCC(CN)CC2)CC(C)N1C. The molecule has 2 atom stereocenters. The van der Waals surface area contributed by atoms with Crippen LogP contribution in [0.2, 0.25) is 0 Å². The summed E-state index contributed by atoms with van der Waals surface area (Å²) in [4.78, 5) is 5.21. The molecule has 2 fully saturated rings. The third-order valence-corrected chi connectivity index (χ3v) is 5.25. The minimum absolute atomic E-state index is 0.703. The zero-order chi connectivity index (χ0) is 13.1. The maximum absolute atomic E-state index is 5.77. The Balaban J connectivity index is 1.77. The van der Waals surface area contributed by atoms with Crippen LogP contribution in [0.15, 0.2) is 0 Å². The van der Waals surface area contributed by atoms with Crippen LogP contribution in [0.4, 0.5) is 0 Å². The molecule has 0 amide bonds. The van der Waals surface area contributed by atoms with E-state index in [0.717, 1.165) is 18.4 Å². The number of likely N-dealkylation sites (N-methyl/N-ethyl adjacent to an activating group) is 1. The van der Waals surface area contributed by atoms with Crippen LogP contribution in [-0.2, 0) is 0 Å². The summed E-state index contributed by atoms with van der Waals surface area (Å²) in [6.45, 7) is 9.42. The van der Waals surface area contributed by atoms with Crippen LogP contribution in [-0.4, -0.2) is 55.1 Å². The van der Waals surface area contributed by atoms with Gasteiger partial charge >= 0.3 is 0 Å². The number of nitrogens with two attached hydrogens (primary N) is 1. The first-order valence-corrected chi connectivity index (χ1v) is 7.74. The summed E-state index contributed by atoms with van der Waals surface area (Å²) in [5.74, 6) is 1.74. The van der Waals surface area contributed by atoms with E-state index < -0.39 is 0 Å². The molecule has 0 aromatic carbocycles. The smallest absolute Gasteiger partial charge is 0.0195 e. The number of hydrogen-bond acceptors (Lipinski definition) is 3. The fourth-order valence-electron chi connectivity index (χ4n) is 3.68. The van der Waals surface area contributed by atoms with Gasteiger partial charge in [-0.3, -0.25) is 9.80 Å². The molecular formula is C15H31N3. The van der Waals surface area contributed by atoms with Gasteiger partial charge in [0.25, 0.3) is 0 Å². The first kappa shape index (κ1) is 14.3. The second kappa shape index (κ2) is 6.36. The molecule has 106 valence electrons. The van der Waals surface area contributed by atoms with Gasteiger partial charge in [-0.1, -0.05) is 0 Å². The third kappa shape index (κ3) is 3.46. The lowest BCUT2D eigenvalue weighted by atomic mass is 9.81. The highest BCUT2D eigenvalue weighted by Crippen LogP contribution is 2.29. The van der Waals surface area contributed by atoms with E-state index in [2.05, 4.69) is 30.7 Å². The molecule has 0 radical (unpaired) electrons. The summed E-state index contributed by atoms with van der Waals surface area (Å²) >= 11 is 0. The van der Waals surface area contributed by atoms with Crippen LogP contribution in [0.3, 0.4) is 0 Å². The van der Waals surface area contributed by atoms with Crippen LogP contribution in [0.5, 0.6) is 0 Å². The predicted octanol–water partition coefficient (Wildman–Crippen LogP) is 1.78. The van der Waals surface area contributed by atoms with Crippen molar-refractivity contribution in [3.8, 4) is 0 Å². The van der Waals surface area contributed by atoms with Crippen LogP contribution < -0.4 is 5.73 Å². The lowest BCUT2D eigenvalue weighted by Gasteiger charge is -2.44. The predicted molar refractivity (Wildman–Crippen MR) is 77.6 cm³/mol. The first-order chi connectivity index (χ1) is 8.60. The molecule has 18 heavy (non-hydrogen) atoms. The molecule has 3 nitrogen and oxygen atoms in total. The van der Waals surface area contributed by atoms with Crippen molar-refractivity contribution in [3.63, 3.8) is 0 Å².